The first kappa shape index (κ1) is 14.8. The summed E-state index contributed by atoms with van der Waals surface area (Å²) in [5.74, 6) is 0. The summed E-state index contributed by atoms with van der Waals surface area (Å²) in [6.07, 6.45) is 6.97. The second-order valence-electron chi connectivity index (χ2n) is 6.01. The van der Waals surface area contributed by atoms with E-state index >= 15 is 0 Å². The molecule has 0 spiro atoms. The van der Waals surface area contributed by atoms with Crippen LogP contribution >= 0.6 is 0 Å². The summed E-state index contributed by atoms with van der Waals surface area (Å²) in [5, 5.41) is 13.1. The Balaban J connectivity index is 1.94. The van der Waals surface area contributed by atoms with Gasteiger partial charge in [-0.25, -0.2) is 0 Å². The van der Waals surface area contributed by atoms with Gasteiger partial charge in [-0.2, -0.15) is 5.26 Å². The van der Waals surface area contributed by atoms with Gasteiger partial charge in [0.2, 0.25) is 0 Å². The van der Waals surface area contributed by atoms with Crippen LogP contribution in [0.1, 0.15) is 45.4 Å². The predicted octanol–water partition coefficient (Wildman–Crippen LogP) is 1.91. The Morgan fingerprint density at radius 2 is 2.32 bits per heavy atom. The molecule has 1 aliphatic carbocycles. The Bertz CT molecular complexity index is 328. The van der Waals surface area contributed by atoms with Crippen LogP contribution in [-0.4, -0.2) is 49.3 Å². The average molecular weight is 265 g/mol. The van der Waals surface area contributed by atoms with E-state index in [9.17, 15) is 5.26 Å². The molecule has 4 heteroatoms. The van der Waals surface area contributed by atoms with Gasteiger partial charge in [0, 0.05) is 26.2 Å². The summed E-state index contributed by atoms with van der Waals surface area (Å²) in [6, 6.07) is 3.12. The van der Waals surface area contributed by atoms with Gasteiger partial charge in [-0.1, -0.05) is 6.92 Å². The molecule has 4 nitrogen and oxygen atoms in total. The third-order valence-corrected chi connectivity index (χ3v) is 4.68. The highest BCUT2D eigenvalue weighted by Gasteiger charge is 2.39. The van der Waals surface area contributed by atoms with E-state index in [0.717, 1.165) is 51.7 Å². The van der Waals surface area contributed by atoms with Crippen molar-refractivity contribution in [3.8, 4) is 6.07 Å². The summed E-state index contributed by atoms with van der Waals surface area (Å²) < 4.78 is 5.45. The SMILES string of the molecule is CCCNC1(C#N)CCCC(N2CCC(OC)C2)C1. The fraction of sp³-hybridized carbons (Fsp3) is 0.933. The first-order chi connectivity index (χ1) is 9.23. The Morgan fingerprint density at radius 1 is 1.47 bits per heavy atom. The van der Waals surface area contributed by atoms with Crippen molar-refractivity contribution >= 4 is 0 Å². The molecule has 0 radical (unpaired) electrons. The number of methoxy groups -OCH3 is 1. The third kappa shape index (κ3) is 3.47. The van der Waals surface area contributed by atoms with Crippen LogP contribution in [0.15, 0.2) is 0 Å². The molecule has 0 aromatic rings. The molecule has 2 aliphatic rings. The highest BCUT2D eigenvalue weighted by Crippen LogP contribution is 2.32. The molecule has 0 aromatic heterocycles. The van der Waals surface area contributed by atoms with Crippen LogP contribution in [0.5, 0.6) is 0 Å². The van der Waals surface area contributed by atoms with Crippen molar-refractivity contribution in [2.24, 2.45) is 0 Å². The van der Waals surface area contributed by atoms with E-state index in [0.29, 0.717) is 12.1 Å². The molecule has 1 aliphatic heterocycles. The molecule has 19 heavy (non-hydrogen) atoms. The van der Waals surface area contributed by atoms with Crippen molar-refractivity contribution < 1.29 is 4.74 Å². The Morgan fingerprint density at radius 3 is 2.95 bits per heavy atom. The van der Waals surface area contributed by atoms with Crippen LogP contribution < -0.4 is 5.32 Å². The lowest BCUT2D eigenvalue weighted by Crippen LogP contribution is -2.52. The molecule has 108 valence electrons. The quantitative estimate of drug-likeness (QED) is 0.825. The van der Waals surface area contributed by atoms with Gasteiger partial charge in [-0.15, -0.1) is 0 Å². The van der Waals surface area contributed by atoms with Gasteiger partial charge in [0.05, 0.1) is 12.2 Å². The summed E-state index contributed by atoms with van der Waals surface area (Å²) in [4.78, 5) is 2.53. The van der Waals surface area contributed by atoms with Gasteiger partial charge in [0.15, 0.2) is 0 Å². The van der Waals surface area contributed by atoms with Crippen LogP contribution in [-0.2, 0) is 4.74 Å². The number of hydrogen-bond acceptors (Lipinski definition) is 4. The van der Waals surface area contributed by atoms with Gasteiger partial charge in [0.1, 0.15) is 5.54 Å². The molecule has 2 fully saturated rings. The zero-order valence-corrected chi connectivity index (χ0v) is 12.3. The van der Waals surface area contributed by atoms with Crippen molar-refractivity contribution in [3.63, 3.8) is 0 Å². The number of nitriles is 1. The van der Waals surface area contributed by atoms with Gasteiger partial charge >= 0.3 is 0 Å². The summed E-state index contributed by atoms with van der Waals surface area (Å²) in [7, 11) is 1.80. The minimum absolute atomic E-state index is 0.288. The van der Waals surface area contributed by atoms with E-state index in [1.165, 1.54) is 6.42 Å². The summed E-state index contributed by atoms with van der Waals surface area (Å²) in [6.45, 7) is 5.26. The fourth-order valence-corrected chi connectivity index (χ4v) is 3.50. The largest absolute Gasteiger partial charge is 0.380 e. The Kier molecular flexibility index (Phi) is 5.20. The topological polar surface area (TPSA) is 48.3 Å². The van der Waals surface area contributed by atoms with Gasteiger partial charge in [-0.3, -0.25) is 10.2 Å². The third-order valence-electron chi connectivity index (χ3n) is 4.68. The minimum atomic E-state index is -0.288. The molecular weight excluding hydrogens is 238 g/mol. The van der Waals surface area contributed by atoms with Gasteiger partial charge in [-0.05, 0) is 45.1 Å². The van der Waals surface area contributed by atoms with E-state index in [1.807, 2.05) is 0 Å². The normalized spacial score (nSPS) is 36.3. The Hall–Kier alpha value is -0.630. The Labute approximate surface area is 117 Å². The number of likely N-dealkylation sites (tertiary alicyclic amines) is 1. The molecule has 0 aromatic carbocycles. The van der Waals surface area contributed by atoms with Crippen molar-refractivity contribution in [2.75, 3.05) is 26.7 Å². The molecule has 1 saturated heterocycles. The number of nitrogens with one attached hydrogen (secondary N) is 1. The standard InChI is InChI=1S/C15H27N3O/c1-3-8-17-15(12-16)7-4-5-13(10-15)18-9-6-14(11-18)19-2/h13-14,17H,3-11H2,1-2H3. The molecular formula is C15H27N3O. The van der Waals surface area contributed by atoms with Crippen molar-refractivity contribution in [1.29, 1.82) is 5.26 Å². The van der Waals surface area contributed by atoms with Crippen LogP contribution in [0.3, 0.4) is 0 Å². The van der Waals surface area contributed by atoms with Crippen molar-refractivity contribution in [2.45, 2.75) is 63.1 Å². The maximum absolute atomic E-state index is 9.57. The van der Waals surface area contributed by atoms with Crippen LogP contribution in [0.4, 0.5) is 0 Å². The zero-order chi connectivity index (χ0) is 13.7. The first-order valence-corrected chi connectivity index (χ1v) is 7.66. The zero-order valence-electron chi connectivity index (χ0n) is 12.3. The number of ether oxygens (including phenoxy) is 1. The number of hydrogen-bond donors (Lipinski definition) is 1. The highest BCUT2D eigenvalue weighted by atomic mass is 16.5. The second kappa shape index (κ2) is 6.69. The van der Waals surface area contributed by atoms with E-state index in [-0.39, 0.29) is 5.54 Å². The summed E-state index contributed by atoms with van der Waals surface area (Å²) in [5.41, 5.74) is -0.288. The smallest absolute Gasteiger partial charge is 0.108 e. The molecule has 1 saturated carbocycles. The van der Waals surface area contributed by atoms with Crippen molar-refractivity contribution in [1.82, 2.24) is 10.2 Å². The molecule has 1 heterocycles. The van der Waals surface area contributed by atoms with Gasteiger partial charge < -0.3 is 4.74 Å². The lowest BCUT2D eigenvalue weighted by Gasteiger charge is -2.40. The fourth-order valence-electron chi connectivity index (χ4n) is 3.50. The maximum Gasteiger partial charge on any atom is 0.108 e. The molecule has 3 unspecified atom stereocenters. The monoisotopic (exact) mass is 265 g/mol. The van der Waals surface area contributed by atoms with Crippen LogP contribution in [0, 0.1) is 11.3 Å². The van der Waals surface area contributed by atoms with Gasteiger partial charge in [0.25, 0.3) is 0 Å². The average Bonchev–Trinajstić information content (AvgIpc) is 2.94. The minimum Gasteiger partial charge on any atom is -0.380 e. The summed E-state index contributed by atoms with van der Waals surface area (Å²) >= 11 is 0. The molecule has 3 atom stereocenters. The molecule has 1 N–H and O–H groups in total. The first-order valence-electron chi connectivity index (χ1n) is 7.66. The van der Waals surface area contributed by atoms with E-state index in [4.69, 9.17) is 4.74 Å². The molecule has 0 amide bonds. The lowest BCUT2D eigenvalue weighted by molar-refractivity contribution is 0.0872. The number of nitrogens with zero attached hydrogens (tertiary/aromatic N) is 2. The van der Waals surface area contributed by atoms with Crippen LogP contribution in [0.2, 0.25) is 0 Å². The van der Waals surface area contributed by atoms with E-state index in [1.54, 1.807) is 7.11 Å². The molecule has 0 bridgehead atoms. The predicted molar refractivity (Wildman–Crippen MR) is 75.9 cm³/mol. The van der Waals surface area contributed by atoms with E-state index in [2.05, 4.69) is 23.2 Å². The van der Waals surface area contributed by atoms with E-state index < -0.39 is 0 Å². The molecule has 2 rings (SSSR count). The second-order valence-corrected chi connectivity index (χ2v) is 6.01. The highest BCUT2D eigenvalue weighted by molar-refractivity contribution is 5.11. The number of rotatable bonds is 5. The van der Waals surface area contributed by atoms with Crippen LogP contribution in [0.25, 0.3) is 0 Å². The van der Waals surface area contributed by atoms with Crippen molar-refractivity contribution in [3.05, 3.63) is 0 Å². The lowest BCUT2D eigenvalue weighted by atomic mass is 9.79. The maximum atomic E-state index is 9.57.